The van der Waals surface area contributed by atoms with E-state index in [0.717, 1.165) is 35.2 Å². The Bertz CT molecular complexity index is 455. The van der Waals surface area contributed by atoms with E-state index in [2.05, 4.69) is 27.3 Å². The lowest BCUT2D eigenvalue weighted by Gasteiger charge is -2.27. The third kappa shape index (κ3) is 2.05. The third-order valence-corrected chi connectivity index (χ3v) is 4.04. The summed E-state index contributed by atoms with van der Waals surface area (Å²) < 4.78 is 6.48. The summed E-state index contributed by atoms with van der Waals surface area (Å²) in [6.07, 6.45) is 0.828. The zero-order valence-electron chi connectivity index (χ0n) is 9.41. The predicted octanol–water partition coefficient (Wildman–Crippen LogP) is 1.79. The Labute approximate surface area is 109 Å². The van der Waals surface area contributed by atoms with Crippen molar-refractivity contribution >= 4 is 21.7 Å². The van der Waals surface area contributed by atoms with E-state index >= 15 is 0 Å². The van der Waals surface area contributed by atoms with Crippen molar-refractivity contribution in [1.29, 1.82) is 0 Å². The van der Waals surface area contributed by atoms with Crippen molar-refractivity contribution < 1.29 is 9.53 Å². The molecular weight excluding hydrogens is 282 g/mol. The summed E-state index contributed by atoms with van der Waals surface area (Å²) in [6, 6.07) is 6.08. The number of ketones is 1. The summed E-state index contributed by atoms with van der Waals surface area (Å²) in [4.78, 5) is 12.3. The molecule has 1 saturated heterocycles. The van der Waals surface area contributed by atoms with Crippen molar-refractivity contribution in [2.75, 3.05) is 19.8 Å². The smallest absolute Gasteiger partial charge is 0.168 e. The molecular formula is C13H14BrNO2. The quantitative estimate of drug-likeness (QED) is 0.858. The summed E-state index contributed by atoms with van der Waals surface area (Å²) in [5, 5.41) is 3.38. The molecule has 4 heteroatoms. The molecule has 0 amide bonds. The van der Waals surface area contributed by atoms with Gasteiger partial charge in [-0.25, -0.2) is 0 Å². The van der Waals surface area contributed by atoms with Gasteiger partial charge in [0.05, 0.1) is 13.2 Å². The molecule has 0 aromatic heterocycles. The maximum absolute atomic E-state index is 12.3. The van der Waals surface area contributed by atoms with Crippen LogP contribution >= 0.6 is 15.9 Å². The van der Waals surface area contributed by atoms with Crippen LogP contribution in [0.4, 0.5) is 0 Å². The van der Waals surface area contributed by atoms with Crippen LogP contribution in [0.25, 0.3) is 0 Å². The Morgan fingerprint density at radius 2 is 2.29 bits per heavy atom. The fourth-order valence-corrected chi connectivity index (χ4v) is 3.08. The number of carbonyl (C=O) groups excluding carboxylic acids is 1. The van der Waals surface area contributed by atoms with Gasteiger partial charge < -0.3 is 10.1 Å². The summed E-state index contributed by atoms with van der Waals surface area (Å²) in [7, 11) is 0. The molecule has 0 bridgehead atoms. The number of morpholine rings is 1. The van der Waals surface area contributed by atoms with Gasteiger partial charge in [0.1, 0.15) is 0 Å². The van der Waals surface area contributed by atoms with E-state index in [0.29, 0.717) is 6.61 Å². The van der Waals surface area contributed by atoms with Crippen molar-refractivity contribution in [2.24, 2.45) is 5.92 Å². The molecule has 2 atom stereocenters. The zero-order chi connectivity index (χ0) is 11.8. The first-order valence-corrected chi connectivity index (χ1v) is 6.69. The van der Waals surface area contributed by atoms with E-state index < -0.39 is 0 Å². The molecule has 90 valence electrons. The number of benzene rings is 1. The summed E-state index contributed by atoms with van der Waals surface area (Å²) >= 11 is 3.45. The minimum absolute atomic E-state index is 0.0413. The number of rotatable bonds is 1. The molecule has 1 fully saturated rings. The first kappa shape index (κ1) is 11.4. The number of ether oxygens (including phenoxy) is 1. The molecule has 1 N–H and O–H groups in total. The summed E-state index contributed by atoms with van der Waals surface area (Å²) in [6.45, 7) is 2.23. The van der Waals surface area contributed by atoms with Crippen molar-refractivity contribution in [2.45, 2.75) is 12.5 Å². The molecule has 1 aromatic rings. The van der Waals surface area contributed by atoms with Gasteiger partial charge in [-0.1, -0.05) is 22.0 Å². The van der Waals surface area contributed by atoms with Gasteiger partial charge in [0, 0.05) is 28.5 Å². The fourth-order valence-electron chi connectivity index (χ4n) is 2.67. The standard InChI is InChI=1S/C13H14BrNO2/c14-9-1-2-10-8(5-9)6-11(13(10)16)12-7-17-4-3-15-12/h1-2,5,11-12,15H,3-4,6-7H2. The highest BCUT2D eigenvalue weighted by Gasteiger charge is 2.36. The molecule has 3 nitrogen and oxygen atoms in total. The summed E-state index contributed by atoms with van der Waals surface area (Å²) in [5.41, 5.74) is 2.03. The molecule has 0 radical (unpaired) electrons. The average molecular weight is 296 g/mol. The summed E-state index contributed by atoms with van der Waals surface area (Å²) in [5.74, 6) is 0.301. The Kier molecular flexibility index (Phi) is 3.03. The van der Waals surface area contributed by atoms with Crippen LogP contribution in [0, 0.1) is 5.92 Å². The van der Waals surface area contributed by atoms with Crippen LogP contribution in [0.3, 0.4) is 0 Å². The lowest BCUT2D eigenvalue weighted by molar-refractivity contribution is 0.0522. The average Bonchev–Trinajstić information content (AvgIpc) is 2.67. The second kappa shape index (κ2) is 4.52. The van der Waals surface area contributed by atoms with Gasteiger partial charge in [0.25, 0.3) is 0 Å². The lowest BCUT2D eigenvalue weighted by atomic mass is 9.95. The van der Waals surface area contributed by atoms with Crippen LogP contribution in [-0.4, -0.2) is 31.6 Å². The SMILES string of the molecule is O=C1c2ccc(Br)cc2CC1C1COCCN1. The first-order chi connectivity index (χ1) is 8.25. The Hall–Kier alpha value is -0.710. The molecule has 1 aliphatic heterocycles. The van der Waals surface area contributed by atoms with Crippen LogP contribution in [0.2, 0.25) is 0 Å². The minimum Gasteiger partial charge on any atom is -0.378 e. The molecule has 0 spiro atoms. The molecule has 17 heavy (non-hydrogen) atoms. The van der Waals surface area contributed by atoms with E-state index in [-0.39, 0.29) is 17.7 Å². The van der Waals surface area contributed by atoms with E-state index in [1.807, 2.05) is 12.1 Å². The van der Waals surface area contributed by atoms with Crippen LogP contribution in [0.5, 0.6) is 0 Å². The number of nitrogens with one attached hydrogen (secondary N) is 1. The monoisotopic (exact) mass is 295 g/mol. The first-order valence-electron chi connectivity index (χ1n) is 5.89. The van der Waals surface area contributed by atoms with E-state index in [1.165, 1.54) is 0 Å². The van der Waals surface area contributed by atoms with Gasteiger partial charge in [0.2, 0.25) is 0 Å². The highest BCUT2D eigenvalue weighted by Crippen LogP contribution is 2.31. The number of hydrogen-bond donors (Lipinski definition) is 1. The molecule has 0 saturated carbocycles. The number of fused-ring (bicyclic) bond motifs is 1. The topological polar surface area (TPSA) is 38.3 Å². The fraction of sp³-hybridized carbons (Fsp3) is 0.462. The van der Waals surface area contributed by atoms with Crippen LogP contribution in [0.1, 0.15) is 15.9 Å². The third-order valence-electron chi connectivity index (χ3n) is 3.55. The van der Waals surface area contributed by atoms with Crippen LogP contribution < -0.4 is 5.32 Å². The van der Waals surface area contributed by atoms with Gasteiger partial charge in [-0.3, -0.25) is 4.79 Å². The highest BCUT2D eigenvalue weighted by atomic mass is 79.9. The van der Waals surface area contributed by atoms with Gasteiger partial charge in [-0.05, 0) is 24.1 Å². The number of Topliss-reactive ketones (excluding diaryl/α,β-unsaturated/α-hetero) is 1. The van der Waals surface area contributed by atoms with Crippen molar-refractivity contribution in [3.8, 4) is 0 Å². The normalized spacial score (nSPS) is 28.2. The maximum Gasteiger partial charge on any atom is 0.168 e. The van der Waals surface area contributed by atoms with E-state index in [9.17, 15) is 4.79 Å². The second-order valence-corrected chi connectivity index (χ2v) is 5.53. The van der Waals surface area contributed by atoms with Crippen LogP contribution in [-0.2, 0) is 11.2 Å². The van der Waals surface area contributed by atoms with E-state index in [1.54, 1.807) is 0 Å². The maximum atomic E-state index is 12.3. The molecule has 1 heterocycles. The van der Waals surface area contributed by atoms with Gasteiger partial charge in [-0.15, -0.1) is 0 Å². The molecule has 1 aromatic carbocycles. The van der Waals surface area contributed by atoms with Crippen LogP contribution in [0.15, 0.2) is 22.7 Å². The predicted molar refractivity (Wildman–Crippen MR) is 68.3 cm³/mol. The van der Waals surface area contributed by atoms with Gasteiger partial charge >= 0.3 is 0 Å². The number of carbonyl (C=O) groups is 1. The second-order valence-electron chi connectivity index (χ2n) is 4.61. The largest absolute Gasteiger partial charge is 0.378 e. The molecule has 2 aliphatic rings. The zero-order valence-corrected chi connectivity index (χ0v) is 11.0. The van der Waals surface area contributed by atoms with Gasteiger partial charge in [-0.2, -0.15) is 0 Å². The van der Waals surface area contributed by atoms with Crippen molar-refractivity contribution in [3.63, 3.8) is 0 Å². The van der Waals surface area contributed by atoms with Crippen molar-refractivity contribution in [3.05, 3.63) is 33.8 Å². The molecule has 3 rings (SSSR count). The molecule has 2 unspecified atom stereocenters. The Morgan fingerprint density at radius 1 is 1.41 bits per heavy atom. The van der Waals surface area contributed by atoms with Crippen molar-refractivity contribution in [1.82, 2.24) is 5.32 Å². The van der Waals surface area contributed by atoms with Gasteiger partial charge in [0.15, 0.2) is 5.78 Å². The number of halogens is 1. The van der Waals surface area contributed by atoms with E-state index in [4.69, 9.17) is 4.74 Å². The Balaban J connectivity index is 1.85. The molecule has 1 aliphatic carbocycles. The Morgan fingerprint density at radius 3 is 3.06 bits per heavy atom. The minimum atomic E-state index is 0.0413. The number of hydrogen-bond acceptors (Lipinski definition) is 3. The lowest BCUT2D eigenvalue weighted by Crippen LogP contribution is -2.47. The highest BCUT2D eigenvalue weighted by molar-refractivity contribution is 9.10.